The lowest BCUT2D eigenvalue weighted by Crippen LogP contribution is -2.50. The standard InChI is InChI=1S/C19H16F2N4O5S/c20-12-1-3-16(21)18(9-12)31(29,30)24-7-5-23(6-8-24)19(26)15-11-22-17-4-2-13(25(27)28)10-14(15)17/h1-4,9-11,22H,5-8H2. The van der Waals surface area contributed by atoms with Crippen LogP contribution in [0.4, 0.5) is 14.5 Å². The molecule has 0 bridgehead atoms. The van der Waals surface area contributed by atoms with Gasteiger partial charge in [-0.25, -0.2) is 17.2 Å². The van der Waals surface area contributed by atoms with Crippen molar-refractivity contribution in [2.45, 2.75) is 4.90 Å². The average molecular weight is 450 g/mol. The van der Waals surface area contributed by atoms with Gasteiger partial charge in [0.25, 0.3) is 11.6 Å². The van der Waals surface area contributed by atoms with Crippen molar-refractivity contribution < 1.29 is 26.9 Å². The third kappa shape index (κ3) is 3.75. The number of nitrogens with zero attached hydrogens (tertiary/aromatic N) is 3. The fraction of sp³-hybridized carbons (Fsp3) is 0.211. The van der Waals surface area contributed by atoms with E-state index in [-0.39, 0.29) is 37.4 Å². The van der Waals surface area contributed by atoms with Crippen LogP contribution in [0.5, 0.6) is 0 Å². The number of hydrogen-bond donors (Lipinski definition) is 1. The van der Waals surface area contributed by atoms with Crippen LogP contribution in [0.1, 0.15) is 10.4 Å². The van der Waals surface area contributed by atoms with Crippen molar-refractivity contribution in [3.8, 4) is 0 Å². The molecule has 0 atom stereocenters. The van der Waals surface area contributed by atoms with Gasteiger partial charge in [-0.15, -0.1) is 0 Å². The van der Waals surface area contributed by atoms with E-state index in [2.05, 4.69) is 4.98 Å². The highest BCUT2D eigenvalue weighted by Gasteiger charge is 2.33. The summed E-state index contributed by atoms with van der Waals surface area (Å²) in [5, 5.41) is 11.4. The van der Waals surface area contributed by atoms with E-state index >= 15 is 0 Å². The van der Waals surface area contributed by atoms with E-state index < -0.39 is 37.4 Å². The molecule has 2 aromatic carbocycles. The third-order valence-electron chi connectivity index (χ3n) is 5.14. The van der Waals surface area contributed by atoms with Crippen LogP contribution in [0.2, 0.25) is 0 Å². The van der Waals surface area contributed by atoms with E-state index in [1.807, 2.05) is 0 Å². The number of H-pyrrole nitrogens is 1. The number of hydrogen-bond acceptors (Lipinski definition) is 5. The molecule has 1 fully saturated rings. The minimum absolute atomic E-state index is 0.0244. The van der Waals surface area contributed by atoms with Gasteiger partial charge in [-0.05, 0) is 24.3 Å². The zero-order valence-corrected chi connectivity index (χ0v) is 16.7. The van der Waals surface area contributed by atoms with Gasteiger partial charge in [0, 0.05) is 55.4 Å². The largest absolute Gasteiger partial charge is 0.360 e. The summed E-state index contributed by atoms with van der Waals surface area (Å²) < 4.78 is 53.8. The molecule has 9 nitrogen and oxygen atoms in total. The summed E-state index contributed by atoms with van der Waals surface area (Å²) in [7, 11) is -4.27. The second kappa shape index (κ2) is 7.71. The van der Waals surface area contributed by atoms with E-state index in [4.69, 9.17) is 0 Å². The van der Waals surface area contributed by atoms with Crippen molar-refractivity contribution in [3.63, 3.8) is 0 Å². The van der Waals surface area contributed by atoms with Crippen LogP contribution in [-0.2, 0) is 10.0 Å². The molecule has 162 valence electrons. The van der Waals surface area contributed by atoms with Gasteiger partial charge in [0.1, 0.15) is 16.5 Å². The number of aromatic nitrogens is 1. The van der Waals surface area contributed by atoms with Gasteiger partial charge in [0.05, 0.1) is 10.5 Å². The summed E-state index contributed by atoms with van der Waals surface area (Å²) in [6.07, 6.45) is 1.45. The highest BCUT2D eigenvalue weighted by atomic mass is 32.2. The molecule has 1 aromatic heterocycles. The molecule has 1 saturated heterocycles. The Morgan fingerprint density at radius 1 is 1.06 bits per heavy atom. The summed E-state index contributed by atoms with van der Waals surface area (Å²) in [5.41, 5.74) is 0.622. The van der Waals surface area contributed by atoms with Crippen LogP contribution in [-0.4, -0.2) is 59.6 Å². The van der Waals surface area contributed by atoms with Gasteiger partial charge < -0.3 is 9.88 Å². The molecule has 1 N–H and O–H groups in total. The molecule has 0 unspecified atom stereocenters. The number of piperazine rings is 1. The number of halogens is 2. The zero-order valence-electron chi connectivity index (χ0n) is 15.9. The Labute approximate surface area is 175 Å². The van der Waals surface area contributed by atoms with Gasteiger partial charge in [0.2, 0.25) is 10.0 Å². The number of non-ortho nitro benzene ring substituents is 1. The SMILES string of the molecule is O=C(c1c[nH]c2ccc([N+](=O)[O-])cc12)N1CCN(S(=O)(=O)c2cc(F)ccc2F)CC1. The highest BCUT2D eigenvalue weighted by Crippen LogP contribution is 2.26. The Morgan fingerprint density at radius 3 is 2.45 bits per heavy atom. The Balaban J connectivity index is 1.53. The van der Waals surface area contributed by atoms with Crippen LogP contribution in [0.15, 0.2) is 47.5 Å². The number of amides is 1. The molecule has 0 spiro atoms. The average Bonchev–Trinajstić information content (AvgIpc) is 3.18. The molecule has 1 amide bonds. The number of benzene rings is 2. The lowest BCUT2D eigenvalue weighted by Gasteiger charge is -2.34. The monoisotopic (exact) mass is 450 g/mol. The fourth-order valence-electron chi connectivity index (χ4n) is 3.51. The summed E-state index contributed by atoms with van der Waals surface area (Å²) in [6.45, 7) is -0.160. The Bertz CT molecular complexity index is 1300. The molecule has 0 aliphatic carbocycles. The number of carbonyl (C=O) groups excluding carboxylic acids is 1. The summed E-state index contributed by atoms with van der Waals surface area (Å²) in [4.78, 5) is 27.0. The molecule has 1 aliphatic heterocycles. The van der Waals surface area contributed by atoms with E-state index in [1.54, 1.807) is 0 Å². The number of nitro benzene ring substituents is 1. The van der Waals surface area contributed by atoms with Gasteiger partial charge in [0.15, 0.2) is 0 Å². The smallest absolute Gasteiger partial charge is 0.270 e. The minimum atomic E-state index is -4.27. The highest BCUT2D eigenvalue weighted by molar-refractivity contribution is 7.89. The predicted octanol–water partition coefficient (Wildman–Crippen LogP) is 2.50. The zero-order chi connectivity index (χ0) is 22.3. The maximum Gasteiger partial charge on any atom is 0.270 e. The summed E-state index contributed by atoms with van der Waals surface area (Å²) in [5.74, 6) is -2.34. The van der Waals surface area contributed by atoms with Gasteiger partial charge in [-0.2, -0.15) is 4.31 Å². The van der Waals surface area contributed by atoms with Crippen LogP contribution in [0.3, 0.4) is 0 Å². The predicted molar refractivity (Wildman–Crippen MR) is 106 cm³/mol. The number of sulfonamides is 1. The number of fused-ring (bicyclic) bond motifs is 1. The van der Waals surface area contributed by atoms with Crippen LogP contribution in [0, 0.1) is 21.7 Å². The van der Waals surface area contributed by atoms with Crippen LogP contribution in [0.25, 0.3) is 10.9 Å². The summed E-state index contributed by atoms with van der Waals surface area (Å²) in [6, 6.07) is 6.33. The molecule has 0 saturated carbocycles. The maximum atomic E-state index is 14.0. The first kappa shape index (κ1) is 20.9. The molecule has 1 aliphatic rings. The number of nitro groups is 1. The lowest BCUT2D eigenvalue weighted by atomic mass is 10.1. The van der Waals surface area contributed by atoms with Gasteiger partial charge in [-0.1, -0.05) is 0 Å². The normalized spacial score (nSPS) is 15.4. The minimum Gasteiger partial charge on any atom is -0.360 e. The van der Waals surface area contributed by atoms with Crippen molar-refractivity contribution in [2.24, 2.45) is 0 Å². The molecular formula is C19H16F2N4O5S. The number of nitrogens with one attached hydrogen (secondary N) is 1. The first-order valence-corrected chi connectivity index (χ1v) is 10.6. The number of carbonyl (C=O) groups is 1. The maximum absolute atomic E-state index is 14.0. The molecule has 12 heteroatoms. The first-order chi connectivity index (χ1) is 14.7. The quantitative estimate of drug-likeness (QED) is 0.484. The molecule has 31 heavy (non-hydrogen) atoms. The second-order valence-corrected chi connectivity index (χ2v) is 8.87. The van der Waals surface area contributed by atoms with E-state index in [0.717, 1.165) is 16.4 Å². The van der Waals surface area contributed by atoms with Crippen molar-refractivity contribution >= 4 is 32.5 Å². The molecule has 3 aromatic rings. The lowest BCUT2D eigenvalue weighted by molar-refractivity contribution is -0.384. The van der Waals surface area contributed by atoms with Crippen molar-refractivity contribution in [1.29, 1.82) is 0 Å². The number of aromatic amines is 1. The van der Waals surface area contributed by atoms with Crippen molar-refractivity contribution in [2.75, 3.05) is 26.2 Å². The Kier molecular flexibility index (Phi) is 5.19. The molecule has 4 rings (SSSR count). The number of rotatable bonds is 4. The molecular weight excluding hydrogens is 434 g/mol. The molecule has 0 radical (unpaired) electrons. The second-order valence-electron chi connectivity index (χ2n) is 6.96. The molecule has 2 heterocycles. The van der Waals surface area contributed by atoms with Crippen molar-refractivity contribution in [3.05, 3.63) is 69.9 Å². The first-order valence-electron chi connectivity index (χ1n) is 9.18. The van der Waals surface area contributed by atoms with E-state index in [0.29, 0.717) is 17.0 Å². The van der Waals surface area contributed by atoms with Gasteiger partial charge in [-0.3, -0.25) is 14.9 Å². The topological polar surface area (TPSA) is 117 Å². The van der Waals surface area contributed by atoms with Crippen LogP contribution < -0.4 is 0 Å². The van der Waals surface area contributed by atoms with Crippen LogP contribution >= 0.6 is 0 Å². The fourth-order valence-corrected chi connectivity index (χ4v) is 5.01. The Morgan fingerprint density at radius 2 is 1.77 bits per heavy atom. The van der Waals surface area contributed by atoms with E-state index in [9.17, 15) is 32.1 Å². The Hall–Kier alpha value is -3.38. The van der Waals surface area contributed by atoms with E-state index in [1.165, 1.54) is 29.3 Å². The third-order valence-corrected chi connectivity index (χ3v) is 7.06. The van der Waals surface area contributed by atoms with Gasteiger partial charge >= 0.3 is 0 Å². The summed E-state index contributed by atoms with van der Waals surface area (Å²) >= 11 is 0. The van der Waals surface area contributed by atoms with Crippen molar-refractivity contribution in [1.82, 2.24) is 14.2 Å².